The Labute approximate surface area is 95.1 Å². The molecule has 0 fully saturated rings. The summed E-state index contributed by atoms with van der Waals surface area (Å²) in [5.41, 5.74) is 0. The molecule has 90 valence electrons. The number of hydrogen-bond acceptors (Lipinski definition) is 6. The number of anilines is 2. The molecule has 0 bridgehead atoms. The van der Waals surface area contributed by atoms with E-state index < -0.39 is 6.10 Å². The quantitative estimate of drug-likeness (QED) is 0.663. The lowest BCUT2D eigenvalue weighted by Crippen LogP contribution is -2.19. The van der Waals surface area contributed by atoms with Gasteiger partial charge in [-0.2, -0.15) is 0 Å². The minimum Gasteiger partial charge on any atom is -0.490 e. The monoisotopic (exact) mass is 226 g/mol. The highest BCUT2D eigenvalue weighted by Gasteiger charge is 2.11. The molecular weight excluding hydrogens is 208 g/mol. The number of hydrogen-bond donors (Lipinski definition) is 3. The van der Waals surface area contributed by atoms with Crippen LogP contribution >= 0.6 is 0 Å². The van der Waals surface area contributed by atoms with Crippen molar-refractivity contribution in [2.45, 2.75) is 19.4 Å². The van der Waals surface area contributed by atoms with E-state index in [0.717, 1.165) is 0 Å². The summed E-state index contributed by atoms with van der Waals surface area (Å²) in [5.74, 6) is 1.74. The molecule has 1 atom stereocenters. The van der Waals surface area contributed by atoms with Crippen molar-refractivity contribution in [3.05, 3.63) is 6.33 Å². The Morgan fingerprint density at radius 2 is 2.12 bits per heavy atom. The Bertz CT molecular complexity index is 333. The Balaban J connectivity index is 2.78. The van der Waals surface area contributed by atoms with Crippen molar-refractivity contribution in [3.8, 4) is 5.75 Å². The second kappa shape index (κ2) is 6.12. The molecule has 0 aromatic carbocycles. The van der Waals surface area contributed by atoms with Gasteiger partial charge in [0.1, 0.15) is 6.33 Å². The molecule has 0 aliphatic carbocycles. The van der Waals surface area contributed by atoms with Gasteiger partial charge >= 0.3 is 0 Å². The van der Waals surface area contributed by atoms with Gasteiger partial charge in [0.25, 0.3) is 0 Å². The summed E-state index contributed by atoms with van der Waals surface area (Å²) in [6.45, 7) is 2.36. The van der Waals surface area contributed by atoms with E-state index in [0.29, 0.717) is 30.4 Å². The Morgan fingerprint density at radius 3 is 2.69 bits per heavy atom. The minimum absolute atomic E-state index is 0.391. The van der Waals surface area contributed by atoms with Gasteiger partial charge in [0, 0.05) is 13.6 Å². The molecule has 0 aliphatic rings. The fraction of sp³-hybridized carbons (Fsp3) is 0.600. The van der Waals surface area contributed by atoms with Crippen LogP contribution in [0, 0.1) is 0 Å². The topological polar surface area (TPSA) is 79.3 Å². The molecule has 0 saturated carbocycles. The molecule has 0 amide bonds. The number of aromatic nitrogens is 2. The van der Waals surface area contributed by atoms with Crippen molar-refractivity contribution in [3.63, 3.8) is 0 Å². The van der Waals surface area contributed by atoms with E-state index in [9.17, 15) is 5.11 Å². The van der Waals surface area contributed by atoms with Gasteiger partial charge in [-0.1, -0.05) is 6.92 Å². The summed E-state index contributed by atoms with van der Waals surface area (Å²) < 4.78 is 5.20. The van der Waals surface area contributed by atoms with Crippen LogP contribution in [0.4, 0.5) is 11.6 Å². The molecule has 1 heterocycles. The Morgan fingerprint density at radius 1 is 1.44 bits per heavy atom. The first-order valence-corrected chi connectivity index (χ1v) is 5.21. The second-order valence-corrected chi connectivity index (χ2v) is 3.30. The number of methoxy groups -OCH3 is 1. The molecule has 16 heavy (non-hydrogen) atoms. The molecule has 0 aliphatic heterocycles. The molecule has 0 radical (unpaired) electrons. The van der Waals surface area contributed by atoms with Crippen LogP contribution in [0.5, 0.6) is 5.75 Å². The van der Waals surface area contributed by atoms with Crippen LogP contribution in [-0.4, -0.2) is 41.9 Å². The van der Waals surface area contributed by atoms with Gasteiger partial charge in [0.2, 0.25) is 5.75 Å². The van der Waals surface area contributed by atoms with E-state index in [4.69, 9.17) is 4.74 Å². The summed E-state index contributed by atoms with van der Waals surface area (Å²) in [6.07, 6.45) is 1.74. The normalized spacial score (nSPS) is 12.0. The van der Waals surface area contributed by atoms with Gasteiger partial charge in [-0.3, -0.25) is 0 Å². The summed E-state index contributed by atoms with van der Waals surface area (Å²) >= 11 is 0. The molecule has 3 N–H and O–H groups in total. The number of rotatable bonds is 6. The third-order valence-electron chi connectivity index (χ3n) is 2.22. The van der Waals surface area contributed by atoms with Gasteiger partial charge in [0.05, 0.1) is 13.2 Å². The zero-order valence-electron chi connectivity index (χ0n) is 9.82. The van der Waals surface area contributed by atoms with Crippen LogP contribution < -0.4 is 15.4 Å². The Kier molecular flexibility index (Phi) is 4.78. The van der Waals surface area contributed by atoms with Crippen molar-refractivity contribution in [2.75, 3.05) is 31.3 Å². The fourth-order valence-electron chi connectivity index (χ4n) is 1.23. The fourth-order valence-corrected chi connectivity index (χ4v) is 1.23. The maximum absolute atomic E-state index is 9.45. The minimum atomic E-state index is -0.391. The van der Waals surface area contributed by atoms with Crippen molar-refractivity contribution >= 4 is 11.6 Å². The van der Waals surface area contributed by atoms with Crippen molar-refractivity contribution in [1.82, 2.24) is 9.97 Å². The maximum Gasteiger partial charge on any atom is 0.204 e. The summed E-state index contributed by atoms with van der Waals surface area (Å²) in [5, 5.41) is 15.4. The highest BCUT2D eigenvalue weighted by Crippen LogP contribution is 2.28. The van der Waals surface area contributed by atoms with Crippen LogP contribution in [0.3, 0.4) is 0 Å². The summed E-state index contributed by atoms with van der Waals surface area (Å²) in [7, 11) is 3.32. The molecule has 6 nitrogen and oxygen atoms in total. The summed E-state index contributed by atoms with van der Waals surface area (Å²) in [6, 6.07) is 0. The molecule has 0 saturated heterocycles. The molecule has 1 unspecified atom stereocenters. The van der Waals surface area contributed by atoms with E-state index >= 15 is 0 Å². The standard InChI is InChI=1S/C10H18N4O2/c1-4-7(15)5-12-10-8(16-3)9(11-2)13-6-14-10/h6-7,15H,4-5H2,1-3H3,(H2,11,12,13,14). The molecule has 6 heteroatoms. The van der Waals surface area contributed by atoms with Crippen LogP contribution in [0.2, 0.25) is 0 Å². The van der Waals surface area contributed by atoms with Gasteiger partial charge in [-0.25, -0.2) is 9.97 Å². The van der Waals surface area contributed by atoms with Crippen LogP contribution in [0.1, 0.15) is 13.3 Å². The third kappa shape index (κ3) is 2.96. The molecule has 1 aromatic rings. The van der Waals surface area contributed by atoms with Gasteiger partial charge in [-0.05, 0) is 6.42 Å². The van der Waals surface area contributed by atoms with E-state index in [2.05, 4.69) is 20.6 Å². The van der Waals surface area contributed by atoms with Gasteiger partial charge in [0.15, 0.2) is 11.6 Å². The van der Waals surface area contributed by atoms with Crippen LogP contribution in [-0.2, 0) is 0 Å². The van der Waals surface area contributed by atoms with Gasteiger partial charge in [-0.15, -0.1) is 0 Å². The van der Waals surface area contributed by atoms with Crippen LogP contribution in [0.15, 0.2) is 6.33 Å². The highest BCUT2D eigenvalue weighted by molar-refractivity contribution is 5.63. The molecule has 1 rings (SSSR count). The largest absolute Gasteiger partial charge is 0.490 e. The number of ether oxygens (including phenoxy) is 1. The van der Waals surface area contributed by atoms with Crippen molar-refractivity contribution in [1.29, 1.82) is 0 Å². The number of aliphatic hydroxyl groups excluding tert-OH is 1. The predicted octanol–water partition coefficient (Wildman–Crippen LogP) is 0.710. The SMILES string of the molecule is CCC(O)CNc1ncnc(NC)c1OC. The molecular formula is C10H18N4O2. The lowest BCUT2D eigenvalue weighted by Gasteiger charge is -2.14. The predicted molar refractivity (Wildman–Crippen MR) is 62.9 cm³/mol. The first-order valence-electron chi connectivity index (χ1n) is 5.21. The lowest BCUT2D eigenvalue weighted by atomic mass is 10.3. The van der Waals surface area contributed by atoms with E-state index in [-0.39, 0.29) is 0 Å². The van der Waals surface area contributed by atoms with E-state index in [1.807, 2.05) is 6.92 Å². The first kappa shape index (κ1) is 12.5. The van der Waals surface area contributed by atoms with Crippen LogP contribution in [0.25, 0.3) is 0 Å². The maximum atomic E-state index is 9.45. The average molecular weight is 226 g/mol. The second-order valence-electron chi connectivity index (χ2n) is 3.30. The number of nitrogens with one attached hydrogen (secondary N) is 2. The smallest absolute Gasteiger partial charge is 0.204 e. The third-order valence-corrected chi connectivity index (χ3v) is 2.22. The zero-order valence-corrected chi connectivity index (χ0v) is 9.82. The average Bonchev–Trinajstić information content (AvgIpc) is 2.34. The van der Waals surface area contributed by atoms with Crippen molar-refractivity contribution < 1.29 is 9.84 Å². The van der Waals surface area contributed by atoms with Gasteiger partial charge < -0.3 is 20.5 Å². The highest BCUT2D eigenvalue weighted by atomic mass is 16.5. The number of nitrogens with zero attached hydrogens (tertiary/aromatic N) is 2. The number of aliphatic hydroxyl groups is 1. The lowest BCUT2D eigenvalue weighted by molar-refractivity contribution is 0.183. The molecule has 1 aromatic heterocycles. The molecule has 0 spiro atoms. The van der Waals surface area contributed by atoms with E-state index in [1.165, 1.54) is 6.33 Å². The first-order chi connectivity index (χ1) is 7.72. The zero-order chi connectivity index (χ0) is 12.0. The summed E-state index contributed by atoms with van der Waals surface area (Å²) in [4.78, 5) is 8.09. The van der Waals surface area contributed by atoms with Crippen molar-refractivity contribution in [2.24, 2.45) is 0 Å². The van der Waals surface area contributed by atoms with E-state index in [1.54, 1.807) is 14.2 Å². The Hall–Kier alpha value is -1.56.